The molecular formula is C22H20N4O2. The fraction of sp³-hybridized carbons (Fsp3) is 0.0909. The topological polar surface area (TPSA) is 95.6 Å². The predicted octanol–water partition coefficient (Wildman–Crippen LogP) is 3.27. The van der Waals surface area contributed by atoms with Crippen LogP contribution in [-0.2, 0) is 6.54 Å². The second-order valence-corrected chi connectivity index (χ2v) is 6.53. The number of aromatic nitrogens is 1. The number of guanidine groups is 1. The van der Waals surface area contributed by atoms with Gasteiger partial charge in [0, 0.05) is 28.4 Å². The zero-order valence-corrected chi connectivity index (χ0v) is 15.4. The average Bonchev–Trinajstić information content (AvgIpc) is 3.01. The Kier molecular flexibility index (Phi) is 4.45. The average molecular weight is 372 g/mol. The Morgan fingerprint density at radius 1 is 0.964 bits per heavy atom. The van der Waals surface area contributed by atoms with Crippen molar-refractivity contribution in [3.05, 3.63) is 77.9 Å². The molecule has 4 rings (SSSR count). The summed E-state index contributed by atoms with van der Waals surface area (Å²) in [5.41, 5.74) is 14.3. The van der Waals surface area contributed by atoms with Gasteiger partial charge in [-0.15, -0.1) is 0 Å². The summed E-state index contributed by atoms with van der Waals surface area (Å²) in [6.45, 7) is 0.661. The molecule has 0 fully saturated rings. The van der Waals surface area contributed by atoms with Gasteiger partial charge in [-0.25, -0.2) is 0 Å². The molecular weight excluding hydrogens is 352 g/mol. The number of aliphatic imine (C=N–C) groups is 1. The minimum Gasteiger partial charge on any atom is -0.497 e. The van der Waals surface area contributed by atoms with E-state index in [9.17, 15) is 4.79 Å². The smallest absolute Gasteiger partial charge is 0.280 e. The molecule has 1 amide bonds. The van der Waals surface area contributed by atoms with E-state index in [-0.39, 0.29) is 5.96 Å². The van der Waals surface area contributed by atoms with Crippen LogP contribution in [0.3, 0.4) is 0 Å². The van der Waals surface area contributed by atoms with Crippen molar-refractivity contribution in [2.75, 3.05) is 7.11 Å². The molecule has 140 valence electrons. The summed E-state index contributed by atoms with van der Waals surface area (Å²) < 4.78 is 7.43. The molecule has 6 nitrogen and oxygen atoms in total. The highest BCUT2D eigenvalue weighted by Gasteiger charge is 2.14. The van der Waals surface area contributed by atoms with Gasteiger partial charge in [0.05, 0.1) is 12.6 Å². The Morgan fingerprint density at radius 3 is 2.39 bits per heavy atom. The Morgan fingerprint density at radius 2 is 1.68 bits per heavy atom. The number of ether oxygens (including phenoxy) is 1. The summed E-state index contributed by atoms with van der Waals surface area (Å²) in [6, 6.07) is 21.7. The third kappa shape index (κ3) is 3.16. The first-order chi connectivity index (χ1) is 13.6. The van der Waals surface area contributed by atoms with Crippen LogP contribution >= 0.6 is 0 Å². The summed E-state index contributed by atoms with van der Waals surface area (Å²) in [4.78, 5) is 15.9. The molecule has 0 saturated carbocycles. The highest BCUT2D eigenvalue weighted by molar-refractivity contribution is 6.11. The van der Waals surface area contributed by atoms with E-state index >= 15 is 0 Å². The molecule has 0 aliphatic carbocycles. The number of para-hydroxylation sites is 1. The van der Waals surface area contributed by atoms with Crippen LogP contribution in [0.15, 0.2) is 71.7 Å². The lowest BCUT2D eigenvalue weighted by Crippen LogP contribution is -2.24. The lowest BCUT2D eigenvalue weighted by Gasteiger charge is -2.09. The van der Waals surface area contributed by atoms with E-state index in [1.54, 1.807) is 13.2 Å². The van der Waals surface area contributed by atoms with Gasteiger partial charge in [0.15, 0.2) is 5.96 Å². The van der Waals surface area contributed by atoms with E-state index in [4.69, 9.17) is 16.2 Å². The van der Waals surface area contributed by atoms with E-state index in [0.717, 1.165) is 33.1 Å². The fourth-order valence-electron chi connectivity index (χ4n) is 3.45. The summed E-state index contributed by atoms with van der Waals surface area (Å²) >= 11 is 0. The van der Waals surface area contributed by atoms with E-state index in [1.165, 1.54) is 0 Å². The Bertz CT molecular complexity index is 1200. The Balaban J connectivity index is 1.88. The Labute approximate surface area is 162 Å². The normalized spacial score (nSPS) is 10.9. The van der Waals surface area contributed by atoms with E-state index < -0.39 is 5.91 Å². The first-order valence-electron chi connectivity index (χ1n) is 8.84. The minimum absolute atomic E-state index is 0.246. The van der Waals surface area contributed by atoms with Crippen LogP contribution < -0.4 is 16.2 Å². The second-order valence-electron chi connectivity index (χ2n) is 6.53. The molecule has 4 N–H and O–H groups in total. The van der Waals surface area contributed by atoms with Gasteiger partial charge in [0.1, 0.15) is 5.75 Å². The molecule has 3 aromatic carbocycles. The SMILES string of the molecule is COc1ccc(Cn2c3ccccc3c3ccc(C(=O)N=C(N)N)cc32)cc1. The second kappa shape index (κ2) is 7.08. The summed E-state index contributed by atoms with van der Waals surface area (Å²) in [6.07, 6.45) is 0. The zero-order chi connectivity index (χ0) is 19.7. The highest BCUT2D eigenvalue weighted by atomic mass is 16.5. The lowest BCUT2D eigenvalue weighted by atomic mass is 10.1. The van der Waals surface area contributed by atoms with Crippen LogP contribution in [0.25, 0.3) is 21.8 Å². The largest absolute Gasteiger partial charge is 0.497 e. The highest BCUT2D eigenvalue weighted by Crippen LogP contribution is 2.30. The van der Waals surface area contributed by atoms with Gasteiger partial charge in [-0.1, -0.05) is 36.4 Å². The van der Waals surface area contributed by atoms with Crippen molar-refractivity contribution < 1.29 is 9.53 Å². The third-order valence-electron chi connectivity index (χ3n) is 4.75. The molecule has 0 radical (unpaired) electrons. The molecule has 0 unspecified atom stereocenters. The molecule has 0 spiro atoms. The predicted molar refractivity (Wildman–Crippen MR) is 112 cm³/mol. The van der Waals surface area contributed by atoms with E-state index in [0.29, 0.717) is 12.1 Å². The van der Waals surface area contributed by atoms with Crippen molar-refractivity contribution in [1.82, 2.24) is 4.57 Å². The molecule has 1 heterocycles. The molecule has 6 heteroatoms. The maximum Gasteiger partial charge on any atom is 0.280 e. The number of carbonyl (C=O) groups excluding carboxylic acids is 1. The van der Waals surface area contributed by atoms with Gasteiger partial charge < -0.3 is 20.8 Å². The van der Waals surface area contributed by atoms with Gasteiger partial charge >= 0.3 is 0 Å². The number of rotatable bonds is 4. The number of fused-ring (bicyclic) bond motifs is 3. The number of nitrogens with two attached hydrogens (primary N) is 2. The van der Waals surface area contributed by atoms with Crippen molar-refractivity contribution in [1.29, 1.82) is 0 Å². The molecule has 0 saturated heterocycles. The van der Waals surface area contributed by atoms with Gasteiger partial charge in [-0.05, 0) is 35.9 Å². The van der Waals surface area contributed by atoms with Crippen molar-refractivity contribution in [3.8, 4) is 5.75 Å². The van der Waals surface area contributed by atoms with Gasteiger partial charge in [0.2, 0.25) is 0 Å². The van der Waals surface area contributed by atoms with Crippen LogP contribution in [-0.4, -0.2) is 23.5 Å². The number of hydrogen-bond acceptors (Lipinski definition) is 2. The van der Waals surface area contributed by atoms with Crippen LogP contribution in [0.5, 0.6) is 5.75 Å². The summed E-state index contributed by atoms with van der Waals surface area (Å²) in [7, 11) is 1.65. The van der Waals surface area contributed by atoms with Crippen molar-refractivity contribution in [3.63, 3.8) is 0 Å². The van der Waals surface area contributed by atoms with Crippen molar-refractivity contribution in [2.45, 2.75) is 6.54 Å². The van der Waals surface area contributed by atoms with Crippen molar-refractivity contribution >= 4 is 33.7 Å². The number of amides is 1. The van der Waals surface area contributed by atoms with Crippen LogP contribution in [0.2, 0.25) is 0 Å². The number of nitrogens with zero attached hydrogens (tertiary/aromatic N) is 2. The first-order valence-corrected chi connectivity index (χ1v) is 8.84. The number of hydrogen-bond donors (Lipinski definition) is 2. The molecule has 0 bridgehead atoms. The molecule has 1 aromatic heterocycles. The maximum absolute atomic E-state index is 12.3. The van der Waals surface area contributed by atoms with Gasteiger partial charge in [0.25, 0.3) is 5.91 Å². The monoisotopic (exact) mass is 372 g/mol. The van der Waals surface area contributed by atoms with Gasteiger partial charge in [-0.3, -0.25) is 4.79 Å². The first kappa shape index (κ1) is 17.6. The van der Waals surface area contributed by atoms with E-state index in [1.807, 2.05) is 48.5 Å². The summed E-state index contributed by atoms with van der Waals surface area (Å²) in [5, 5.41) is 2.21. The van der Waals surface area contributed by atoms with Crippen LogP contribution in [0.1, 0.15) is 15.9 Å². The Hall–Kier alpha value is -3.80. The maximum atomic E-state index is 12.3. The molecule has 0 atom stereocenters. The van der Waals surface area contributed by atoms with Crippen LogP contribution in [0, 0.1) is 0 Å². The minimum atomic E-state index is -0.455. The molecule has 4 aromatic rings. The quantitative estimate of drug-likeness (QED) is 0.424. The third-order valence-corrected chi connectivity index (χ3v) is 4.75. The molecule has 28 heavy (non-hydrogen) atoms. The lowest BCUT2D eigenvalue weighted by molar-refractivity contribution is 0.100. The van der Waals surface area contributed by atoms with Crippen LogP contribution in [0.4, 0.5) is 0 Å². The number of benzene rings is 3. The fourth-order valence-corrected chi connectivity index (χ4v) is 3.45. The number of methoxy groups -OCH3 is 1. The van der Waals surface area contributed by atoms with Gasteiger partial charge in [-0.2, -0.15) is 4.99 Å². The van der Waals surface area contributed by atoms with E-state index in [2.05, 4.69) is 21.7 Å². The molecule has 0 aliphatic rings. The standard InChI is InChI=1S/C22H20N4O2/c1-28-16-9-6-14(7-10-16)13-26-19-5-3-2-4-17(19)18-11-8-15(12-20(18)26)21(27)25-22(23)24/h2-12H,13H2,1H3,(H4,23,24,25,27). The molecule has 0 aliphatic heterocycles. The zero-order valence-electron chi connectivity index (χ0n) is 15.4. The van der Waals surface area contributed by atoms with Crippen molar-refractivity contribution in [2.24, 2.45) is 16.5 Å². The summed E-state index contributed by atoms with van der Waals surface area (Å²) in [5.74, 6) is 0.114. The number of carbonyl (C=O) groups is 1.